The van der Waals surface area contributed by atoms with Crippen molar-refractivity contribution in [2.45, 2.75) is 44.0 Å². The summed E-state index contributed by atoms with van der Waals surface area (Å²) in [5, 5.41) is 2.77. The molecule has 0 bridgehead atoms. The Kier molecular flexibility index (Phi) is 4.67. The van der Waals surface area contributed by atoms with Crippen LogP contribution in [0.3, 0.4) is 0 Å². The third-order valence-electron chi connectivity index (χ3n) is 3.63. The van der Waals surface area contributed by atoms with Gasteiger partial charge >= 0.3 is 6.18 Å². The Hall–Kier alpha value is -0.820. The predicted octanol–water partition coefficient (Wildman–Crippen LogP) is 1.64. The monoisotopic (exact) mass is 281 g/mol. The highest BCUT2D eigenvalue weighted by Gasteiger charge is 2.38. The number of rotatable bonds is 4. The second-order valence-corrected chi connectivity index (χ2v) is 5.07. The van der Waals surface area contributed by atoms with E-state index in [0.717, 1.165) is 25.7 Å². The fourth-order valence-electron chi connectivity index (χ4n) is 2.86. The first-order valence-corrected chi connectivity index (χ1v) is 6.51. The summed E-state index contributed by atoms with van der Waals surface area (Å²) in [5.74, 6) is -0.192. The van der Waals surface area contributed by atoms with Gasteiger partial charge in [-0.15, -0.1) is 0 Å². The maximum absolute atomic E-state index is 11.9. The molecule has 7 heteroatoms. The number of hydrogen-bond acceptors (Lipinski definition) is 3. The number of amides is 1. The molecule has 0 aromatic heterocycles. The molecule has 0 aromatic carbocycles. The topological polar surface area (TPSA) is 47.6 Å². The number of hydrogen-bond donors (Lipinski definition) is 1. The minimum absolute atomic E-state index is 0.00300. The van der Waals surface area contributed by atoms with Crippen LogP contribution in [0.5, 0.6) is 0 Å². The number of carbonyl (C=O) groups is 1. The van der Waals surface area contributed by atoms with Gasteiger partial charge in [-0.2, -0.15) is 13.2 Å². The Labute approximate surface area is 109 Å². The molecule has 0 spiro atoms. The molecular formula is C12H18F3NO3. The number of nitrogens with one attached hydrogen (secondary N) is 1. The van der Waals surface area contributed by atoms with Gasteiger partial charge < -0.3 is 14.8 Å². The van der Waals surface area contributed by atoms with Gasteiger partial charge in [-0.1, -0.05) is 0 Å². The molecule has 1 saturated heterocycles. The lowest BCUT2D eigenvalue weighted by Gasteiger charge is -2.33. The molecule has 1 heterocycles. The zero-order chi connectivity index (χ0) is 13.9. The van der Waals surface area contributed by atoms with Gasteiger partial charge in [-0.05, 0) is 25.7 Å². The van der Waals surface area contributed by atoms with Crippen molar-refractivity contribution in [1.29, 1.82) is 0 Å². The van der Waals surface area contributed by atoms with Crippen molar-refractivity contribution in [3.05, 3.63) is 0 Å². The molecule has 3 unspecified atom stereocenters. The van der Waals surface area contributed by atoms with Gasteiger partial charge in [-0.3, -0.25) is 4.79 Å². The van der Waals surface area contributed by atoms with Crippen LogP contribution in [-0.4, -0.2) is 44.0 Å². The zero-order valence-electron chi connectivity index (χ0n) is 10.5. The van der Waals surface area contributed by atoms with Crippen molar-refractivity contribution in [1.82, 2.24) is 5.32 Å². The van der Waals surface area contributed by atoms with Crippen molar-refractivity contribution in [2.75, 3.05) is 19.8 Å². The Morgan fingerprint density at radius 2 is 2.11 bits per heavy atom. The highest BCUT2D eigenvalue weighted by Crippen LogP contribution is 2.34. The summed E-state index contributed by atoms with van der Waals surface area (Å²) in [6.45, 7) is -1.24. The van der Waals surface area contributed by atoms with Gasteiger partial charge in [0.2, 0.25) is 5.91 Å². The van der Waals surface area contributed by atoms with E-state index in [0.29, 0.717) is 12.5 Å². The van der Waals surface area contributed by atoms with Crippen LogP contribution in [0, 0.1) is 5.92 Å². The van der Waals surface area contributed by atoms with Gasteiger partial charge in [0.15, 0.2) is 0 Å². The van der Waals surface area contributed by atoms with Crippen molar-refractivity contribution < 1.29 is 27.4 Å². The van der Waals surface area contributed by atoms with Crippen LogP contribution in [0.1, 0.15) is 25.7 Å². The molecular weight excluding hydrogens is 263 g/mol. The molecule has 2 rings (SSSR count). The molecule has 2 fully saturated rings. The Morgan fingerprint density at radius 3 is 2.84 bits per heavy atom. The molecule has 4 nitrogen and oxygen atoms in total. The Bertz CT molecular complexity index is 322. The van der Waals surface area contributed by atoms with E-state index in [1.165, 1.54) is 0 Å². The van der Waals surface area contributed by atoms with Gasteiger partial charge in [0.05, 0.1) is 6.10 Å². The van der Waals surface area contributed by atoms with E-state index in [1.807, 2.05) is 0 Å². The quantitative estimate of drug-likeness (QED) is 0.852. The molecule has 1 N–H and O–H groups in total. The maximum Gasteiger partial charge on any atom is 0.411 e. The first-order valence-electron chi connectivity index (χ1n) is 6.51. The largest absolute Gasteiger partial charge is 0.411 e. The third kappa shape index (κ3) is 4.35. The van der Waals surface area contributed by atoms with E-state index in [2.05, 4.69) is 10.1 Å². The molecule has 0 radical (unpaired) electrons. The van der Waals surface area contributed by atoms with Crippen LogP contribution in [0.25, 0.3) is 0 Å². The Balaban J connectivity index is 1.72. The minimum atomic E-state index is -4.39. The summed E-state index contributed by atoms with van der Waals surface area (Å²) in [5.41, 5.74) is 0. The highest BCUT2D eigenvalue weighted by molar-refractivity contribution is 5.77. The van der Waals surface area contributed by atoms with E-state index >= 15 is 0 Å². The number of halogens is 3. The van der Waals surface area contributed by atoms with Crippen LogP contribution in [0.15, 0.2) is 0 Å². The van der Waals surface area contributed by atoms with Crippen LogP contribution in [0.4, 0.5) is 13.2 Å². The van der Waals surface area contributed by atoms with E-state index in [1.54, 1.807) is 0 Å². The average Bonchev–Trinajstić information content (AvgIpc) is 2.76. The van der Waals surface area contributed by atoms with E-state index < -0.39 is 25.3 Å². The molecule has 0 aromatic rings. The first kappa shape index (κ1) is 14.6. The summed E-state index contributed by atoms with van der Waals surface area (Å²) < 4.78 is 45.5. The average molecular weight is 281 g/mol. The Morgan fingerprint density at radius 1 is 1.32 bits per heavy atom. The summed E-state index contributed by atoms with van der Waals surface area (Å²) in [7, 11) is 0. The van der Waals surface area contributed by atoms with Crippen LogP contribution in [0.2, 0.25) is 0 Å². The smallest absolute Gasteiger partial charge is 0.378 e. The lowest BCUT2D eigenvalue weighted by molar-refractivity contribution is -0.175. The van der Waals surface area contributed by atoms with Crippen molar-refractivity contribution in [3.8, 4) is 0 Å². The molecule has 19 heavy (non-hydrogen) atoms. The molecule has 3 atom stereocenters. The van der Waals surface area contributed by atoms with Gasteiger partial charge in [0.1, 0.15) is 13.2 Å². The molecule has 1 saturated carbocycles. The van der Waals surface area contributed by atoms with Gasteiger partial charge in [0.25, 0.3) is 0 Å². The predicted molar refractivity (Wildman–Crippen MR) is 60.5 cm³/mol. The minimum Gasteiger partial charge on any atom is -0.378 e. The SMILES string of the molecule is O=C(COCC(F)(F)F)NC1CCCC2OCCC12. The van der Waals surface area contributed by atoms with Crippen LogP contribution >= 0.6 is 0 Å². The van der Waals surface area contributed by atoms with E-state index in [4.69, 9.17) is 4.74 Å². The summed E-state index contributed by atoms with van der Waals surface area (Å²) in [6, 6.07) is 0.00300. The lowest BCUT2D eigenvalue weighted by Crippen LogP contribution is -2.47. The van der Waals surface area contributed by atoms with Gasteiger partial charge in [0, 0.05) is 18.6 Å². The number of ether oxygens (including phenoxy) is 2. The third-order valence-corrected chi connectivity index (χ3v) is 3.63. The highest BCUT2D eigenvalue weighted by atomic mass is 19.4. The van der Waals surface area contributed by atoms with Crippen LogP contribution < -0.4 is 5.32 Å². The van der Waals surface area contributed by atoms with Gasteiger partial charge in [-0.25, -0.2) is 0 Å². The molecule has 110 valence electrons. The number of alkyl halides is 3. The molecule has 2 aliphatic rings. The standard InChI is InChI=1S/C12H18F3NO3/c13-12(14,15)7-18-6-11(17)16-9-2-1-3-10-8(9)4-5-19-10/h8-10H,1-7H2,(H,16,17). The van der Waals surface area contributed by atoms with E-state index in [9.17, 15) is 18.0 Å². The number of carbonyl (C=O) groups excluding carboxylic acids is 1. The van der Waals surface area contributed by atoms with Crippen molar-refractivity contribution >= 4 is 5.91 Å². The fourth-order valence-corrected chi connectivity index (χ4v) is 2.86. The lowest BCUT2D eigenvalue weighted by atomic mass is 9.82. The summed E-state index contributed by atoms with van der Waals surface area (Å²) in [4.78, 5) is 11.5. The fraction of sp³-hybridized carbons (Fsp3) is 0.917. The van der Waals surface area contributed by atoms with Crippen molar-refractivity contribution in [2.24, 2.45) is 5.92 Å². The summed E-state index contributed by atoms with van der Waals surface area (Å²) in [6.07, 6.45) is -0.476. The van der Waals surface area contributed by atoms with Crippen molar-refractivity contribution in [3.63, 3.8) is 0 Å². The zero-order valence-corrected chi connectivity index (χ0v) is 10.5. The van der Waals surface area contributed by atoms with E-state index in [-0.39, 0.29) is 12.1 Å². The normalized spacial score (nSPS) is 31.0. The molecule has 1 amide bonds. The second kappa shape index (κ2) is 6.09. The summed E-state index contributed by atoms with van der Waals surface area (Å²) >= 11 is 0. The first-order chi connectivity index (χ1) is 8.96. The second-order valence-electron chi connectivity index (χ2n) is 5.07. The van der Waals surface area contributed by atoms with Crippen LogP contribution in [-0.2, 0) is 14.3 Å². The maximum atomic E-state index is 11.9. The number of fused-ring (bicyclic) bond motifs is 1. The molecule has 1 aliphatic carbocycles. The molecule has 1 aliphatic heterocycles.